The van der Waals surface area contributed by atoms with E-state index in [4.69, 9.17) is 11.6 Å². The van der Waals surface area contributed by atoms with Gasteiger partial charge in [-0.25, -0.2) is 0 Å². The minimum atomic E-state index is 0.00660. The van der Waals surface area contributed by atoms with E-state index < -0.39 is 0 Å². The number of allylic oxidation sites excluding steroid dienone is 3. The maximum absolute atomic E-state index is 9.63. The highest BCUT2D eigenvalue weighted by atomic mass is 35.5. The largest absolute Gasteiger partial charge is 0.390 e. The maximum atomic E-state index is 9.63. The minimum Gasteiger partial charge on any atom is -0.390 e. The first kappa shape index (κ1) is 17.5. The topological polar surface area (TPSA) is 36.4 Å². The van der Waals surface area contributed by atoms with Gasteiger partial charge >= 0.3 is 0 Å². The van der Waals surface area contributed by atoms with Crippen LogP contribution in [0, 0.1) is 0 Å². The Morgan fingerprint density at radius 3 is 2.88 bits per heavy atom. The molecule has 2 aromatic rings. The zero-order valence-corrected chi connectivity index (χ0v) is 15.1. The smallest absolute Gasteiger partial charge is 0.0829 e. The summed E-state index contributed by atoms with van der Waals surface area (Å²) >= 11 is 6.15. The van der Waals surface area contributed by atoms with Gasteiger partial charge in [0.25, 0.3) is 0 Å². The molecule has 3 nitrogen and oxygen atoms in total. The molecule has 0 bridgehead atoms. The minimum absolute atomic E-state index is 0.00660. The molecule has 0 radical (unpaired) electrons. The van der Waals surface area contributed by atoms with Gasteiger partial charge in [-0.05, 0) is 37.6 Å². The fraction of sp³-hybridized carbons (Fsp3) is 0.190. The number of pyridine rings is 1. The van der Waals surface area contributed by atoms with Gasteiger partial charge in [0.05, 0.1) is 12.3 Å². The van der Waals surface area contributed by atoms with Gasteiger partial charge in [-0.1, -0.05) is 48.0 Å². The highest BCUT2D eigenvalue weighted by Gasteiger charge is 2.18. The number of hydrogen-bond donors (Lipinski definition) is 1. The van der Waals surface area contributed by atoms with Crippen LogP contribution < -0.4 is 0 Å². The zero-order valence-electron chi connectivity index (χ0n) is 14.4. The molecule has 0 aliphatic carbocycles. The summed E-state index contributed by atoms with van der Waals surface area (Å²) in [5.74, 6) is 0. The average molecular weight is 353 g/mol. The van der Waals surface area contributed by atoms with E-state index in [1.807, 2.05) is 43.3 Å². The van der Waals surface area contributed by atoms with E-state index >= 15 is 0 Å². The van der Waals surface area contributed by atoms with Crippen molar-refractivity contribution in [1.82, 2.24) is 9.88 Å². The lowest BCUT2D eigenvalue weighted by Crippen LogP contribution is -2.29. The van der Waals surface area contributed by atoms with Crippen LogP contribution in [0.3, 0.4) is 0 Å². The van der Waals surface area contributed by atoms with Crippen LogP contribution in [0.25, 0.3) is 16.8 Å². The lowest BCUT2D eigenvalue weighted by Gasteiger charge is -2.31. The molecule has 0 saturated heterocycles. The monoisotopic (exact) mass is 352 g/mol. The van der Waals surface area contributed by atoms with Crippen LogP contribution in [0.1, 0.15) is 19.4 Å². The normalized spacial score (nSPS) is 17.6. The molecule has 1 N–H and O–H groups in total. The first-order chi connectivity index (χ1) is 12.1. The predicted octanol–water partition coefficient (Wildman–Crippen LogP) is 4.90. The molecule has 1 aromatic carbocycles. The van der Waals surface area contributed by atoms with Crippen LogP contribution in [0.15, 0.2) is 72.7 Å². The van der Waals surface area contributed by atoms with Gasteiger partial charge < -0.3 is 10.0 Å². The molecule has 1 aliphatic heterocycles. The Hall–Kier alpha value is -2.36. The summed E-state index contributed by atoms with van der Waals surface area (Å²) in [4.78, 5) is 6.67. The lowest BCUT2D eigenvalue weighted by molar-refractivity contribution is 0.274. The Balaban J connectivity index is 2.08. The van der Waals surface area contributed by atoms with Gasteiger partial charge in [-0.15, -0.1) is 0 Å². The van der Waals surface area contributed by atoms with E-state index in [2.05, 4.69) is 41.2 Å². The second-order valence-electron chi connectivity index (χ2n) is 5.94. The molecule has 1 atom stereocenters. The zero-order chi connectivity index (χ0) is 17.8. The Kier molecular flexibility index (Phi) is 5.37. The Bertz CT molecular complexity index is 854. The summed E-state index contributed by atoms with van der Waals surface area (Å²) < 4.78 is 0. The third-order valence-electron chi connectivity index (χ3n) is 4.31. The number of rotatable bonds is 4. The summed E-state index contributed by atoms with van der Waals surface area (Å²) in [7, 11) is 0. The number of aromatic nitrogens is 1. The van der Waals surface area contributed by atoms with Crippen molar-refractivity contribution in [2.24, 2.45) is 0 Å². The van der Waals surface area contributed by atoms with E-state index in [9.17, 15) is 5.11 Å². The van der Waals surface area contributed by atoms with Crippen molar-refractivity contribution in [2.45, 2.75) is 19.9 Å². The van der Waals surface area contributed by atoms with Crippen molar-refractivity contribution in [3.05, 3.63) is 83.3 Å². The Labute approximate surface area is 153 Å². The first-order valence-corrected chi connectivity index (χ1v) is 8.67. The third-order valence-corrected chi connectivity index (χ3v) is 4.55. The van der Waals surface area contributed by atoms with Gasteiger partial charge in [-0.3, -0.25) is 4.98 Å². The molecule has 1 aromatic heterocycles. The van der Waals surface area contributed by atoms with Crippen molar-refractivity contribution in [1.29, 1.82) is 0 Å². The van der Waals surface area contributed by atoms with Crippen molar-refractivity contribution in [2.75, 3.05) is 6.61 Å². The van der Waals surface area contributed by atoms with Gasteiger partial charge in [0.2, 0.25) is 0 Å². The van der Waals surface area contributed by atoms with E-state index in [0.717, 1.165) is 28.1 Å². The second-order valence-corrected chi connectivity index (χ2v) is 6.38. The molecule has 2 heterocycles. The summed E-state index contributed by atoms with van der Waals surface area (Å²) in [6.07, 6.45) is 10.0. The molecule has 1 aliphatic rings. The van der Waals surface area contributed by atoms with Gasteiger partial charge in [0.1, 0.15) is 0 Å². The number of hydrogen-bond acceptors (Lipinski definition) is 3. The van der Waals surface area contributed by atoms with Crippen LogP contribution in [0.2, 0.25) is 5.02 Å². The standard InChI is InChI=1S/C21H21ClN2O/c1-3-19(14-25)24-13-17(10-9-15(24)2)20-8-5-11-23-21(20)16-6-4-7-18(22)12-16/h3-13,15,25H,14H2,1-2H3/b19-3-. The number of nitrogens with zero attached hydrogens (tertiary/aromatic N) is 2. The Morgan fingerprint density at radius 1 is 1.32 bits per heavy atom. The molecule has 1 unspecified atom stereocenters. The quantitative estimate of drug-likeness (QED) is 0.850. The van der Waals surface area contributed by atoms with E-state index in [-0.39, 0.29) is 12.6 Å². The summed E-state index contributed by atoms with van der Waals surface area (Å²) in [6.45, 7) is 4.04. The average Bonchev–Trinajstić information content (AvgIpc) is 2.64. The maximum Gasteiger partial charge on any atom is 0.0829 e. The van der Waals surface area contributed by atoms with Crippen LogP contribution in [0.5, 0.6) is 0 Å². The molecule has 0 spiro atoms. The van der Waals surface area contributed by atoms with Crippen LogP contribution in [-0.2, 0) is 0 Å². The van der Waals surface area contributed by atoms with Crippen LogP contribution in [0.4, 0.5) is 0 Å². The first-order valence-electron chi connectivity index (χ1n) is 8.29. The molecule has 25 heavy (non-hydrogen) atoms. The molecule has 0 fully saturated rings. The van der Waals surface area contributed by atoms with Gasteiger partial charge in [0, 0.05) is 40.3 Å². The van der Waals surface area contributed by atoms with E-state index in [1.54, 1.807) is 6.20 Å². The summed E-state index contributed by atoms with van der Waals surface area (Å²) in [5, 5.41) is 10.3. The highest BCUT2D eigenvalue weighted by Crippen LogP contribution is 2.32. The van der Waals surface area contributed by atoms with Crippen molar-refractivity contribution >= 4 is 17.2 Å². The number of aliphatic hydroxyl groups excluding tert-OH is 1. The molecule has 0 amide bonds. The summed E-state index contributed by atoms with van der Waals surface area (Å²) in [6, 6.07) is 11.9. The van der Waals surface area contributed by atoms with Gasteiger partial charge in [0.15, 0.2) is 0 Å². The summed E-state index contributed by atoms with van der Waals surface area (Å²) in [5.41, 5.74) is 4.83. The molecular weight excluding hydrogens is 332 g/mol. The van der Waals surface area contributed by atoms with Crippen molar-refractivity contribution in [3.8, 4) is 11.3 Å². The lowest BCUT2D eigenvalue weighted by atomic mass is 9.97. The highest BCUT2D eigenvalue weighted by molar-refractivity contribution is 6.30. The van der Waals surface area contributed by atoms with Crippen LogP contribution in [-0.4, -0.2) is 27.6 Å². The van der Waals surface area contributed by atoms with Gasteiger partial charge in [-0.2, -0.15) is 0 Å². The van der Waals surface area contributed by atoms with Crippen molar-refractivity contribution in [3.63, 3.8) is 0 Å². The van der Waals surface area contributed by atoms with Crippen molar-refractivity contribution < 1.29 is 5.11 Å². The predicted molar refractivity (Wildman–Crippen MR) is 104 cm³/mol. The fourth-order valence-corrected chi connectivity index (χ4v) is 3.17. The van der Waals surface area contributed by atoms with E-state index in [0.29, 0.717) is 5.02 Å². The molecule has 4 heteroatoms. The van der Waals surface area contributed by atoms with E-state index in [1.165, 1.54) is 0 Å². The number of halogens is 1. The molecule has 0 saturated carbocycles. The molecule has 3 rings (SSSR count). The number of benzene rings is 1. The molecular formula is C21H21ClN2O. The number of aliphatic hydroxyl groups is 1. The third kappa shape index (κ3) is 3.68. The molecule has 128 valence electrons. The Morgan fingerprint density at radius 2 is 2.16 bits per heavy atom. The van der Waals surface area contributed by atoms with Crippen LogP contribution >= 0.6 is 11.6 Å². The fourth-order valence-electron chi connectivity index (χ4n) is 2.98. The SMILES string of the molecule is C/C=C(/CO)N1C=C(c2cccnc2-c2cccc(Cl)c2)C=CC1C. The second kappa shape index (κ2) is 7.68.